The van der Waals surface area contributed by atoms with Crippen molar-refractivity contribution in [3.8, 4) is 0 Å². The number of piperidine rings is 1. The number of carbonyl (C=O) groups is 1. The van der Waals surface area contributed by atoms with Crippen molar-refractivity contribution >= 4 is 31.9 Å². The van der Waals surface area contributed by atoms with Gasteiger partial charge in [-0.1, -0.05) is 15.9 Å². The van der Waals surface area contributed by atoms with Crippen LogP contribution in [0.1, 0.15) is 28.8 Å². The van der Waals surface area contributed by atoms with Crippen LogP contribution in [0.25, 0.3) is 0 Å². The molecular weight excluding hydrogens is 370 g/mol. The van der Waals surface area contributed by atoms with Crippen LogP contribution in [0, 0.1) is 6.92 Å². The minimum absolute atomic E-state index is 0.0241. The first-order valence-corrected chi connectivity index (χ1v) is 9.36. The Morgan fingerprint density at radius 2 is 1.95 bits per heavy atom. The fraction of sp³-hybridized carbons (Fsp3) is 0.500. The predicted molar refractivity (Wildman–Crippen MR) is 88.2 cm³/mol. The van der Waals surface area contributed by atoms with Gasteiger partial charge in [0, 0.05) is 23.1 Å². The van der Waals surface area contributed by atoms with E-state index in [2.05, 4.69) is 21.2 Å². The molecule has 1 aromatic rings. The van der Waals surface area contributed by atoms with E-state index in [4.69, 9.17) is 5.14 Å². The van der Waals surface area contributed by atoms with Crippen molar-refractivity contribution in [2.24, 2.45) is 5.14 Å². The van der Waals surface area contributed by atoms with E-state index in [9.17, 15) is 13.2 Å². The molecule has 6 nitrogen and oxygen atoms in total. The van der Waals surface area contributed by atoms with E-state index < -0.39 is 10.0 Å². The second-order valence-electron chi connectivity index (χ2n) is 5.52. The van der Waals surface area contributed by atoms with Gasteiger partial charge in [0.05, 0.1) is 4.90 Å². The first-order chi connectivity index (χ1) is 10.2. The molecule has 0 atom stereocenters. The summed E-state index contributed by atoms with van der Waals surface area (Å²) in [6.07, 6.45) is 1.77. The summed E-state index contributed by atoms with van der Waals surface area (Å²) in [7, 11) is -2.11. The van der Waals surface area contributed by atoms with Crippen molar-refractivity contribution < 1.29 is 13.2 Å². The molecule has 0 unspecified atom stereocenters. The summed E-state index contributed by atoms with van der Waals surface area (Å²) < 4.78 is 23.9. The van der Waals surface area contributed by atoms with Crippen molar-refractivity contribution in [1.29, 1.82) is 0 Å². The van der Waals surface area contributed by atoms with E-state index in [0.29, 0.717) is 15.6 Å². The van der Waals surface area contributed by atoms with Crippen molar-refractivity contribution in [3.05, 3.63) is 27.7 Å². The predicted octanol–water partition coefficient (Wildman–Crippen LogP) is 1.23. The van der Waals surface area contributed by atoms with Crippen LogP contribution in [0.5, 0.6) is 0 Å². The van der Waals surface area contributed by atoms with Gasteiger partial charge in [0.1, 0.15) is 0 Å². The molecule has 8 heteroatoms. The number of halogens is 1. The number of hydrogen-bond acceptors (Lipinski definition) is 4. The van der Waals surface area contributed by atoms with Gasteiger partial charge in [-0.3, -0.25) is 4.79 Å². The zero-order valence-corrected chi connectivity index (χ0v) is 15.0. The molecule has 22 heavy (non-hydrogen) atoms. The first-order valence-electron chi connectivity index (χ1n) is 7.02. The van der Waals surface area contributed by atoms with Crippen LogP contribution in [0.3, 0.4) is 0 Å². The lowest BCUT2D eigenvalue weighted by atomic mass is 10.0. The largest absolute Gasteiger partial charge is 0.339 e. The van der Waals surface area contributed by atoms with E-state index in [-0.39, 0.29) is 16.8 Å². The van der Waals surface area contributed by atoms with Crippen LogP contribution < -0.4 is 10.5 Å². The Morgan fingerprint density at radius 3 is 2.50 bits per heavy atom. The average molecular weight is 390 g/mol. The minimum Gasteiger partial charge on any atom is -0.339 e. The lowest BCUT2D eigenvalue weighted by molar-refractivity contribution is 0.0702. The van der Waals surface area contributed by atoms with Crippen molar-refractivity contribution in [2.45, 2.75) is 30.7 Å². The topological polar surface area (TPSA) is 92.5 Å². The number of nitrogens with one attached hydrogen (secondary N) is 1. The smallest absolute Gasteiger partial charge is 0.254 e. The summed E-state index contributed by atoms with van der Waals surface area (Å²) in [6, 6.07) is 3.22. The summed E-state index contributed by atoms with van der Waals surface area (Å²) in [5.74, 6) is -0.185. The van der Waals surface area contributed by atoms with Crippen LogP contribution in [-0.2, 0) is 10.0 Å². The van der Waals surface area contributed by atoms with Crippen LogP contribution in [0.4, 0.5) is 0 Å². The molecule has 0 radical (unpaired) electrons. The second kappa shape index (κ2) is 6.66. The van der Waals surface area contributed by atoms with E-state index in [1.54, 1.807) is 24.9 Å². The molecule has 2 rings (SSSR count). The lowest BCUT2D eigenvalue weighted by Gasteiger charge is -2.32. The van der Waals surface area contributed by atoms with E-state index in [1.807, 2.05) is 0 Å². The highest BCUT2D eigenvalue weighted by atomic mass is 79.9. The first kappa shape index (κ1) is 17.4. The van der Waals surface area contributed by atoms with Gasteiger partial charge >= 0.3 is 0 Å². The molecule has 0 aliphatic carbocycles. The normalized spacial score (nSPS) is 16.5. The van der Waals surface area contributed by atoms with Gasteiger partial charge in [0.15, 0.2) is 0 Å². The Labute approximate surface area is 139 Å². The Balaban J connectivity index is 2.39. The number of nitrogens with two attached hydrogens (primary N) is 1. The van der Waals surface area contributed by atoms with Gasteiger partial charge in [0.2, 0.25) is 10.0 Å². The summed E-state index contributed by atoms with van der Waals surface area (Å²) in [5.41, 5.74) is 0.746. The number of sulfonamides is 1. The van der Waals surface area contributed by atoms with Crippen LogP contribution in [-0.4, -0.2) is 45.4 Å². The molecule has 1 aromatic carbocycles. The zero-order chi connectivity index (χ0) is 16.5. The molecule has 1 fully saturated rings. The Kier molecular flexibility index (Phi) is 5.26. The summed E-state index contributed by atoms with van der Waals surface area (Å²) >= 11 is 3.25. The monoisotopic (exact) mass is 389 g/mol. The lowest BCUT2D eigenvalue weighted by Crippen LogP contribution is -2.44. The third-order valence-electron chi connectivity index (χ3n) is 4.04. The minimum atomic E-state index is -3.87. The highest BCUT2D eigenvalue weighted by Crippen LogP contribution is 2.26. The van der Waals surface area contributed by atoms with Gasteiger partial charge in [0.25, 0.3) is 5.91 Å². The van der Waals surface area contributed by atoms with E-state index in [1.165, 1.54) is 6.07 Å². The van der Waals surface area contributed by atoms with Crippen molar-refractivity contribution in [2.75, 3.05) is 20.1 Å². The van der Waals surface area contributed by atoms with Crippen molar-refractivity contribution in [3.63, 3.8) is 0 Å². The summed E-state index contributed by atoms with van der Waals surface area (Å²) in [4.78, 5) is 14.4. The zero-order valence-electron chi connectivity index (χ0n) is 12.6. The molecular formula is C14H20BrN3O3S. The number of carbonyl (C=O) groups excluding carboxylic acids is 1. The number of rotatable bonds is 3. The molecule has 0 spiro atoms. The number of hydrogen-bond donors (Lipinski definition) is 2. The molecule has 1 aliphatic heterocycles. The highest BCUT2D eigenvalue weighted by Gasteiger charge is 2.26. The molecule has 122 valence electrons. The molecule has 3 N–H and O–H groups in total. The van der Waals surface area contributed by atoms with E-state index in [0.717, 1.165) is 25.9 Å². The molecule has 1 heterocycles. The van der Waals surface area contributed by atoms with Gasteiger partial charge in [-0.15, -0.1) is 0 Å². The second-order valence-corrected chi connectivity index (χ2v) is 7.96. The number of benzene rings is 1. The molecule has 0 aromatic heterocycles. The Hall–Kier alpha value is -0.960. The Bertz CT molecular complexity index is 685. The molecule has 1 saturated heterocycles. The van der Waals surface area contributed by atoms with Crippen LogP contribution in [0.15, 0.2) is 21.5 Å². The van der Waals surface area contributed by atoms with Gasteiger partial charge in [-0.05, 0) is 50.6 Å². The highest BCUT2D eigenvalue weighted by molar-refractivity contribution is 9.10. The number of amides is 1. The number of primary sulfonamides is 1. The molecule has 1 amide bonds. The fourth-order valence-electron chi connectivity index (χ4n) is 2.72. The number of nitrogens with zero attached hydrogens (tertiary/aromatic N) is 1. The fourth-order valence-corrected chi connectivity index (χ4v) is 4.16. The maximum absolute atomic E-state index is 12.7. The molecule has 1 aliphatic rings. The van der Waals surface area contributed by atoms with Gasteiger partial charge < -0.3 is 10.2 Å². The summed E-state index contributed by atoms with van der Waals surface area (Å²) in [6.45, 7) is 3.36. The average Bonchev–Trinajstić information content (AvgIpc) is 2.47. The van der Waals surface area contributed by atoms with Crippen molar-refractivity contribution in [1.82, 2.24) is 10.2 Å². The molecule has 0 bridgehead atoms. The van der Waals surface area contributed by atoms with Gasteiger partial charge in [-0.2, -0.15) is 0 Å². The third-order valence-corrected chi connectivity index (χ3v) is 5.53. The maximum atomic E-state index is 12.7. The standard InChI is InChI=1S/C14H20BrN3O3S/c1-9-12(7-10(15)8-13(9)22(16,20)21)14(19)18(2)11-3-5-17-6-4-11/h7-8,11,17H,3-6H2,1-2H3,(H2,16,20,21). The summed E-state index contributed by atoms with van der Waals surface area (Å²) in [5, 5.41) is 8.49. The Morgan fingerprint density at radius 1 is 1.36 bits per heavy atom. The molecule has 0 saturated carbocycles. The van der Waals surface area contributed by atoms with E-state index >= 15 is 0 Å². The quantitative estimate of drug-likeness (QED) is 0.812. The van der Waals surface area contributed by atoms with Crippen LogP contribution >= 0.6 is 15.9 Å². The van der Waals surface area contributed by atoms with Crippen LogP contribution in [0.2, 0.25) is 0 Å². The third kappa shape index (κ3) is 3.68. The SMILES string of the molecule is Cc1c(C(=O)N(C)C2CCNCC2)cc(Br)cc1S(N)(=O)=O. The van der Waals surface area contributed by atoms with Gasteiger partial charge in [-0.25, -0.2) is 13.6 Å². The maximum Gasteiger partial charge on any atom is 0.254 e.